The molecule has 22 heavy (non-hydrogen) atoms. The van der Waals surface area contributed by atoms with Crippen LogP contribution in [-0.4, -0.2) is 59.6 Å². The number of fused-ring (bicyclic) bond motifs is 2. The van der Waals surface area contributed by atoms with Gasteiger partial charge < -0.3 is 19.1 Å². The summed E-state index contributed by atoms with van der Waals surface area (Å²) in [5.74, 6) is 0.540. The van der Waals surface area contributed by atoms with Crippen molar-refractivity contribution in [3.63, 3.8) is 0 Å². The van der Waals surface area contributed by atoms with Crippen LogP contribution < -0.4 is 0 Å². The Morgan fingerprint density at radius 3 is 2.86 bits per heavy atom. The third-order valence-electron chi connectivity index (χ3n) is 4.65. The number of aryl methyl sites for hydroxylation is 1. The second-order valence-electron chi connectivity index (χ2n) is 6.07. The first kappa shape index (κ1) is 15.0. The van der Waals surface area contributed by atoms with Crippen LogP contribution in [0.1, 0.15) is 41.1 Å². The van der Waals surface area contributed by atoms with Crippen molar-refractivity contribution < 1.29 is 18.8 Å². The highest BCUT2D eigenvalue weighted by Crippen LogP contribution is 2.32. The summed E-state index contributed by atoms with van der Waals surface area (Å²) in [5.41, 5.74) is 1.00. The van der Waals surface area contributed by atoms with E-state index in [1.54, 1.807) is 26.0 Å². The highest BCUT2D eigenvalue weighted by Gasteiger charge is 2.43. The van der Waals surface area contributed by atoms with Crippen LogP contribution in [-0.2, 0) is 16.1 Å². The average molecular weight is 307 g/mol. The van der Waals surface area contributed by atoms with Gasteiger partial charge in [-0.2, -0.15) is 0 Å². The summed E-state index contributed by atoms with van der Waals surface area (Å²) in [6.45, 7) is 2.64. The van der Waals surface area contributed by atoms with Gasteiger partial charge in [-0.25, -0.2) is 0 Å². The summed E-state index contributed by atoms with van der Waals surface area (Å²) in [5, 5.41) is 3.93. The van der Waals surface area contributed by atoms with Crippen LogP contribution in [0.4, 0.5) is 0 Å². The van der Waals surface area contributed by atoms with E-state index in [2.05, 4.69) is 5.16 Å². The Bertz CT molecular complexity index is 598. The molecule has 0 aliphatic carbocycles. The zero-order valence-corrected chi connectivity index (χ0v) is 13.2. The summed E-state index contributed by atoms with van der Waals surface area (Å²) < 4.78 is 10.3. The molecule has 2 aliphatic rings. The Labute approximate surface area is 129 Å². The molecule has 0 N–H and O–H groups in total. The molecule has 3 heterocycles. The van der Waals surface area contributed by atoms with E-state index >= 15 is 0 Å². The number of methoxy groups -OCH3 is 1. The lowest BCUT2D eigenvalue weighted by molar-refractivity contribution is -0.130. The molecular weight excluding hydrogens is 286 g/mol. The van der Waals surface area contributed by atoms with Gasteiger partial charge in [0.05, 0.1) is 18.2 Å². The van der Waals surface area contributed by atoms with E-state index in [9.17, 15) is 9.59 Å². The number of aromatic nitrogens is 1. The molecule has 0 unspecified atom stereocenters. The number of likely N-dealkylation sites (N-methyl/N-ethyl adjacent to an activating group) is 1. The van der Waals surface area contributed by atoms with Crippen molar-refractivity contribution in [3.05, 3.63) is 17.0 Å². The molecule has 0 saturated carbocycles. The minimum Gasteiger partial charge on any atom is -0.380 e. The summed E-state index contributed by atoms with van der Waals surface area (Å²) in [7, 11) is 3.37. The van der Waals surface area contributed by atoms with E-state index in [1.165, 1.54) is 0 Å². The van der Waals surface area contributed by atoms with Gasteiger partial charge in [-0.05, 0) is 19.8 Å². The van der Waals surface area contributed by atoms with Gasteiger partial charge in [0.1, 0.15) is 5.76 Å². The van der Waals surface area contributed by atoms with E-state index < -0.39 is 0 Å². The molecule has 0 aromatic carbocycles. The van der Waals surface area contributed by atoms with Crippen LogP contribution in [0.25, 0.3) is 0 Å². The highest BCUT2D eigenvalue weighted by atomic mass is 16.5. The van der Waals surface area contributed by atoms with Crippen molar-refractivity contribution >= 4 is 11.8 Å². The maximum Gasteiger partial charge on any atom is 0.277 e. The van der Waals surface area contributed by atoms with Crippen molar-refractivity contribution in [1.29, 1.82) is 0 Å². The van der Waals surface area contributed by atoms with Gasteiger partial charge >= 0.3 is 0 Å². The third-order valence-corrected chi connectivity index (χ3v) is 4.65. The molecule has 7 nitrogen and oxygen atoms in total. The average Bonchev–Trinajstić information content (AvgIpc) is 3.00. The van der Waals surface area contributed by atoms with Crippen LogP contribution in [0, 0.1) is 6.92 Å². The van der Waals surface area contributed by atoms with Crippen molar-refractivity contribution in [3.8, 4) is 0 Å². The first-order chi connectivity index (χ1) is 10.5. The van der Waals surface area contributed by atoms with Gasteiger partial charge in [0.25, 0.3) is 5.91 Å². The van der Waals surface area contributed by atoms with Crippen molar-refractivity contribution in [1.82, 2.24) is 15.0 Å². The molecule has 2 bridgehead atoms. The molecule has 2 aliphatic heterocycles. The van der Waals surface area contributed by atoms with E-state index in [-0.39, 0.29) is 23.9 Å². The lowest BCUT2D eigenvalue weighted by Gasteiger charge is -2.27. The minimum atomic E-state index is -0.153. The lowest BCUT2D eigenvalue weighted by atomic mass is 10.1. The normalized spacial score (nSPS) is 24.8. The maximum absolute atomic E-state index is 13.0. The molecule has 1 aromatic rings. The maximum atomic E-state index is 13.0. The van der Waals surface area contributed by atoms with E-state index in [0.717, 1.165) is 12.8 Å². The number of ether oxygens (including phenoxy) is 1. The molecule has 7 heteroatoms. The number of carbonyl (C=O) groups excluding carboxylic acids is 2. The topological polar surface area (TPSA) is 75.9 Å². The number of carbonyl (C=O) groups is 2. The van der Waals surface area contributed by atoms with E-state index in [0.29, 0.717) is 36.6 Å². The van der Waals surface area contributed by atoms with Crippen LogP contribution in [0.15, 0.2) is 4.52 Å². The summed E-state index contributed by atoms with van der Waals surface area (Å²) in [6.07, 6.45) is 2.17. The number of amides is 2. The van der Waals surface area contributed by atoms with E-state index in [1.807, 2.05) is 4.90 Å². The van der Waals surface area contributed by atoms with Crippen molar-refractivity contribution in [2.24, 2.45) is 0 Å². The molecule has 0 spiro atoms. The van der Waals surface area contributed by atoms with Crippen LogP contribution in [0.5, 0.6) is 0 Å². The van der Waals surface area contributed by atoms with Crippen molar-refractivity contribution in [2.75, 3.05) is 20.7 Å². The van der Waals surface area contributed by atoms with Crippen molar-refractivity contribution in [2.45, 2.75) is 44.9 Å². The minimum absolute atomic E-state index is 0.0395. The van der Waals surface area contributed by atoms with Gasteiger partial charge in [-0.3, -0.25) is 9.59 Å². The number of hydrogen-bond acceptors (Lipinski definition) is 5. The van der Waals surface area contributed by atoms with Gasteiger partial charge in [0.2, 0.25) is 5.91 Å². The van der Waals surface area contributed by atoms with Gasteiger partial charge in [-0.1, -0.05) is 5.16 Å². The van der Waals surface area contributed by atoms with Gasteiger partial charge in [0, 0.05) is 33.2 Å². The lowest BCUT2D eigenvalue weighted by Crippen LogP contribution is -2.43. The molecule has 2 saturated heterocycles. The Balaban J connectivity index is 1.90. The first-order valence-electron chi connectivity index (χ1n) is 7.53. The fraction of sp³-hybridized carbons (Fsp3) is 0.667. The largest absolute Gasteiger partial charge is 0.380 e. The quantitative estimate of drug-likeness (QED) is 0.831. The zero-order chi connectivity index (χ0) is 15.9. The number of rotatable bonds is 3. The standard InChI is InChI=1S/C15H21N3O4/c1-9-12(8-21-3)14(16-22-9)15(20)18-10-4-5-11(18)7-17(2)13(19)6-10/h10-11H,4-8H2,1-3H3/t10-,11+/m1/s1. The zero-order valence-electron chi connectivity index (χ0n) is 13.2. The molecule has 2 amide bonds. The Morgan fingerprint density at radius 1 is 1.41 bits per heavy atom. The number of hydrogen-bond donors (Lipinski definition) is 0. The fourth-order valence-corrected chi connectivity index (χ4v) is 3.44. The predicted molar refractivity (Wildman–Crippen MR) is 77.2 cm³/mol. The molecule has 120 valence electrons. The predicted octanol–water partition coefficient (Wildman–Crippen LogP) is 0.965. The monoisotopic (exact) mass is 307 g/mol. The number of nitrogens with zero attached hydrogens (tertiary/aromatic N) is 3. The first-order valence-corrected chi connectivity index (χ1v) is 7.53. The molecular formula is C15H21N3O4. The van der Waals surface area contributed by atoms with Gasteiger partial charge in [-0.15, -0.1) is 0 Å². The second kappa shape index (κ2) is 5.72. The number of likely N-dealkylation sites (tertiary alicyclic amines) is 1. The molecule has 3 rings (SSSR count). The molecule has 1 aromatic heterocycles. The summed E-state index contributed by atoms with van der Waals surface area (Å²) in [4.78, 5) is 28.5. The van der Waals surface area contributed by atoms with Crippen LogP contribution in [0.2, 0.25) is 0 Å². The fourth-order valence-electron chi connectivity index (χ4n) is 3.44. The Hall–Kier alpha value is -1.89. The second-order valence-corrected chi connectivity index (χ2v) is 6.07. The highest BCUT2D eigenvalue weighted by molar-refractivity contribution is 5.95. The smallest absolute Gasteiger partial charge is 0.277 e. The van der Waals surface area contributed by atoms with Gasteiger partial charge in [0.15, 0.2) is 5.69 Å². The summed E-state index contributed by atoms with van der Waals surface area (Å²) >= 11 is 0. The summed E-state index contributed by atoms with van der Waals surface area (Å²) in [6, 6.07) is 0.0173. The Kier molecular flexibility index (Phi) is 3.90. The third kappa shape index (κ3) is 2.39. The Morgan fingerprint density at radius 2 is 2.14 bits per heavy atom. The molecule has 2 atom stereocenters. The van der Waals surface area contributed by atoms with Crippen LogP contribution in [0.3, 0.4) is 0 Å². The SMILES string of the molecule is COCc1c(C(=O)N2[C@@H]3CC[C@H]2CN(C)C(=O)C3)noc1C. The molecule has 0 radical (unpaired) electrons. The molecule has 2 fully saturated rings. The van der Waals surface area contributed by atoms with E-state index in [4.69, 9.17) is 9.26 Å². The van der Waals surface area contributed by atoms with Crippen LogP contribution >= 0.6 is 0 Å².